The first-order valence-corrected chi connectivity index (χ1v) is 12.4. The molecule has 0 spiro atoms. The maximum atomic E-state index is 13.7. The Labute approximate surface area is 205 Å². The summed E-state index contributed by atoms with van der Waals surface area (Å²) in [5.74, 6) is -0.433. The highest BCUT2D eigenvalue weighted by atomic mass is 16.5. The number of rotatable bonds is 7. The molecule has 1 aliphatic heterocycles. The van der Waals surface area contributed by atoms with Crippen molar-refractivity contribution < 1.29 is 23.9 Å². The summed E-state index contributed by atoms with van der Waals surface area (Å²) in [6.45, 7) is 4.07. The average Bonchev–Trinajstić information content (AvgIpc) is 3.11. The lowest BCUT2D eigenvalue weighted by Gasteiger charge is -2.44. The first-order chi connectivity index (χ1) is 16.9. The van der Waals surface area contributed by atoms with E-state index in [9.17, 15) is 14.4 Å². The minimum atomic E-state index is -1.19. The molecule has 0 unspecified atom stereocenters. The van der Waals surface area contributed by atoms with Crippen molar-refractivity contribution in [1.29, 1.82) is 0 Å². The van der Waals surface area contributed by atoms with Crippen LogP contribution in [0.4, 0.5) is 0 Å². The highest BCUT2D eigenvalue weighted by Gasteiger charge is 2.48. The van der Waals surface area contributed by atoms with Crippen LogP contribution in [0.15, 0.2) is 30.3 Å². The van der Waals surface area contributed by atoms with Crippen molar-refractivity contribution in [3.05, 3.63) is 47.3 Å². The lowest BCUT2D eigenvalue weighted by atomic mass is 9.93. The van der Waals surface area contributed by atoms with E-state index in [-0.39, 0.29) is 48.9 Å². The number of hydrogen-bond acceptors (Lipinski definition) is 6. The third-order valence-electron chi connectivity index (χ3n) is 6.96. The van der Waals surface area contributed by atoms with Gasteiger partial charge in [-0.15, -0.1) is 0 Å². The number of carbonyl (C=O) groups excluding carboxylic acids is 3. The fraction of sp³-hybridized carbons (Fsp3) is 0.538. The van der Waals surface area contributed by atoms with Crippen LogP contribution in [0.5, 0.6) is 5.75 Å². The molecule has 1 atom stereocenters. The fourth-order valence-electron chi connectivity index (χ4n) is 4.87. The maximum absolute atomic E-state index is 13.7. The van der Waals surface area contributed by atoms with Crippen molar-refractivity contribution >= 4 is 17.8 Å². The zero-order valence-electron chi connectivity index (χ0n) is 20.7. The van der Waals surface area contributed by atoms with Crippen molar-refractivity contribution in [2.75, 3.05) is 13.7 Å². The molecular weight excluding hydrogens is 448 g/mol. The zero-order chi connectivity index (χ0) is 25.0. The van der Waals surface area contributed by atoms with Gasteiger partial charge in [0, 0.05) is 18.7 Å². The number of ether oxygens (including phenoxy) is 2. The topological polar surface area (TPSA) is 103 Å². The van der Waals surface area contributed by atoms with Crippen molar-refractivity contribution in [1.82, 2.24) is 20.0 Å². The summed E-state index contributed by atoms with van der Waals surface area (Å²) in [5, 5.41) is 7.54. The molecule has 1 fully saturated rings. The van der Waals surface area contributed by atoms with Crippen LogP contribution in [0, 0.1) is 0 Å². The monoisotopic (exact) mass is 482 g/mol. The number of methoxy groups -OCH3 is 1. The van der Waals surface area contributed by atoms with E-state index >= 15 is 0 Å². The Balaban J connectivity index is 1.66. The molecule has 1 saturated carbocycles. The van der Waals surface area contributed by atoms with Crippen molar-refractivity contribution in [3.8, 4) is 5.75 Å². The second kappa shape index (κ2) is 10.5. The quantitative estimate of drug-likeness (QED) is 0.480. The van der Waals surface area contributed by atoms with Crippen LogP contribution in [0.25, 0.3) is 0 Å². The minimum Gasteiger partial charge on any atom is -0.497 e. The van der Waals surface area contributed by atoms with Gasteiger partial charge in [0.15, 0.2) is 5.69 Å². The molecule has 4 rings (SSSR count). The summed E-state index contributed by atoms with van der Waals surface area (Å²) in [6, 6.07) is 8.96. The number of nitrogens with zero attached hydrogens (tertiary/aromatic N) is 3. The zero-order valence-corrected chi connectivity index (χ0v) is 20.7. The van der Waals surface area contributed by atoms with Crippen molar-refractivity contribution in [2.45, 2.75) is 77.0 Å². The Bertz CT molecular complexity index is 1070. The molecule has 0 bridgehead atoms. The van der Waals surface area contributed by atoms with Crippen LogP contribution in [0.1, 0.15) is 78.9 Å². The summed E-state index contributed by atoms with van der Waals surface area (Å²) >= 11 is 0. The molecule has 9 nitrogen and oxygen atoms in total. The molecule has 1 aromatic heterocycles. The number of fused-ring (bicyclic) bond motifs is 1. The first kappa shape index (κ1) is 24.8. The molecule has 1 N–H and O–H groups in total. The standard InChI is InChI=1S/C26H34N4O5/c1-4-35-24(32)21-15-22-23(31)29(16-18-11-13-20(34-3)14-12-18)26(2,17-30(22)28-21)25(33)27-19-9-7-5-6-8-10-19/h11-15,19H,4-10,16-17H2,1-3H3,(H,27,33)/t26-/m1/s1. The van der Waals surface area contributed by atoms with E-state index in [0.29, 0.717) is 5.75 Å². The van der Waals surface area contributed by atoms with E-state index < -0.39 is 11.5 Å². The highest BCUT2D eigenvalue weighted by Crippen LogP contribution is 2.31. The number of amides is 2. The average molecular weight is 483 g/mol. The van der Waals surface area contributed by atoms with Crippen molar-refractivity contribution in [2.24, 2.45) is 0 Å². The second-order valence-corrected chi connectivity index (χ2v) is 9.47. The maximum Gasteiger partial charge on any atom is 0.358 e. The van der Waals surface area contributed by atoms with Gasteiger partial charge in [0.1, 0.15) is 17.0 Å². The molecule has 35 heavy (non-hydrogen) atoms. The predicted molar refractivity (Wildman–Crippen MR) is 129 cm³/mol. The highest BCUT2D eigenvalue weighted by molar-refractivity contribution is 6.01. The van der Waals surface area contributed by atoms with Gasteiger partial charge in [-0.25, -0.2) is 4.79 Å². The SMILES string of the molecule is CCOC(=O)c1cc2n(n1)C[C@](C)(C(=O)NC1CCCCCC1)N(Cc1ccc(OC)cc1)C2=O. The summed E-state index contributed by atoms with van der Waals surface area (Å²) in [4.78, 5) is 41.3. The van der Waals surface area contributed by atoms with Gasteiger partial charge in [0.25, 0.3) is 5.91 Å². The largest absolute Gasteiger partial charge is 0.497 e. The Kier molecular flexibility index (Phi) is 7.42. The number of carbonyl (C=O) groups is 3. The summed E-state index contributed by atoms with van der Waals surface area (Å²) < 4.78 is 11.8. The van der Waals surface area contributed by atoms with Gasteiger partial charge in [-0.05, 0) is 44.4 Å². The molecule has 2 aliphatic rings. The van der Waals surface area contributed by atoms with Gasteiger partial charge in [-0.2, -0.15) is 5.10 Å². The Morgan fingerprint density at radius 2 is 1.83 bits per heavy atom. The van der Waals surface area contributed by atoms with Crippen LogP contribution < -0.4 is 10.1 Å². The number of nitrogens with one attached hydrogen (secondary N) is 1. The van der Waals surface area contributed by atoms with E-state index in [1.165, 1.54) is 23.6 Å². The van der Waals surface area contributed by atoms with E-state index in [1.807, 2.05) is 24.3 Å². The predicted octanol–water partition coefficient (Wildman–Crippen LogP) is 3.32. The molecule has 2 aromatic rings. The van der Waals surface area contributed by atoms with Gasteiger partial charge < -0.3 is 19.7 Å². The van der Waals surface area contributed by atoms with Gasteiger partial charge in [0.05, 0.1) is 20.3 Å². The van der Waals surface area contributed by atoms with Crippen LogP contribution in [-0.2, 0) is 22.6 Å². The summed E-state index contributed by atoms with van der Waals surface area (Å²) in [5.41, 5.74) is 0.00871. The van der Waals surface area contributed by atoms with E-state index in [0.717, 1.165) is 31.2 Å². The number of hydrogen-bond donors (Lipinski definition) is 1. The summed E-state index contributed by atoms with van der Waals surface area (Å²) in [6.07, 6.45) is 6.41. The lowest BCUT2D eigenvalue weighted by Crippen LogP contribution is -2.64. The summed E-state index contributed by atoms with van der Waals surface area (Å²) in [7, 11) is 1.60. The molecule has 0 radical (unpaired) electrons. The minimum absolute atomic E-state index is 0.0630. The molecule has 1 aromatic carbocycles. The second-order valence-electron chi connectivity index (χ2n) is 9.47. The van der Waals surface area contributed by atoms with E-state index in [2.05, 4.69) is 10.4 Å². The van der Waals surface area contributed by atoms with Crippen LogP contribution in [0.2, 0.25) is 0 Å². The van der Waals surface area contributed by atoms with E-state index in [4.69, 9.17) is 9.47 Å². The lowest BCUT2D eigenvalue weighted by molar-refractivity contribution is -0.134. The fourth-order valence-corrected chi connectivity index (χ4v) is 4.87. The number of aromatic nitrogens is 2. The van der Waals surface area contributed by atoms with Gasteiger partial charge in [0.2, 0.25) is 5.91 Å². The Morgan fingerprint density at radius 1 is 1.14 bits per heavy atom. The number of benzene rings is 1. The molecular formula is C26H34N4O5. The van der Waals surface area contributed by atoms with Crippen LogP contribution >= 0.6 is 0 Å². The number of esters is 1. The smallest absolute Gasteiger partial charge is 0.358 e. The third kappa shape index (κ3) is 5.18. The molecule has 2 amide bonds. The third-order valence-corrected chi connectivity index (χ3v) is 6.96. The van der Waals surface area contributed by atoms with Gasteiger partial charge in [-0.1, -0.05) is 37.8 Å². The van der Waals surface area contributed by atoms with Crippen LogP contribution in [-0.4, -0.2) is 57.8 Å². The van der Waals surface area contributed by atoms with Crippen molar-refractivity contribution in [3.63, 3.8) is 0 Å². The Morgan fingerprint density at radius 3 is 2.46 bits per heavy atom. The molecule has 1 aliphatic carbocycles. The Hall–Kier alpha value is -3.36. The molecule has 188 valence electrons. The molecule has 9 heteroatoms. The molecule has 2 heterocycles. The van der Waals surface area contributed by atoms with Gasteiger partial charge >= 0.3 is 5.97 Å². The first-order valence-electron chi connectivity index (χ1n) is 12.4. The van der Waals surface area contributed by atoms with Gasteiger partial charge in [-0.3, -0.25) is 14.3 Å². The van der Waals surface area contributed by atoms with Crippen LogP contribution in [0.3, 0.4) is 0 Å². The van der Waals surface area contributed by atoms with E-state index in [1.54, 1.807) is 25.9 Å². The molecule has 0 saturated heterocycles. The normalized spacial score (nSPS) is 20.7.